The number of nitrogen functional groups attached to an aromatic ring is 1. The van der Waals surface area contributed by atoms with E-state index in [0.29, 0.717) is 30.1 Å². The highest BCUT2D eigenvalue weighted by Gasteiger charge is 2.24. The first-order valence-corrected chi connectivity index (χ1v) is 13.3. The fraction of sp³-hybridized carbons (Fsp3) is 0.143. The van der Waals surface area contributed by atoms with Crippen LogP contribution in [0.1, 0.15) is 16.8 Å². The summed E-state index contributed by atoms with van der Waals surface area (Å²) in [5, 5.41) is 0.942. The van der Waals surface area contributed by atoms with Gasteiger partial charge in [-0.05, 0) is 48.0 Å². The first kappa shape index (κ1) is 22.5. The molecule has 0 atom stereocenters. The standard InChI is InChI=1S/C28H25N5O2S/c29-23-12-10-20(11-13-23)28-30-16-21-17-32(15-14-26(21)31-28)18-22-19-33(27-9-5-4-8-25(22)27)36(34,35)24-6-2-1-3-7-24/h1-13,16,19H,14-15,17-18,29H2. The van der Waals surface area contributed by atoms with E-state index in [0.717, 1.165) is 40.7 Å². The molecule has 8 heteroatoms. The van der Waals surface area contributed by atoms with Crippen LogP contribution in [0.15, 0.2) is 96.2 Å². The Hall–Kier alpha value is -4.01. The maximum Gasteiger partial charge on any atom is 0.268 e. The van der Waals surface area contributed by atoms with Gasteiger partial charge in [0.2, 0.25) is 0 Å². The number of nitrogens with zero attached hydrogens (tertiary/aromatic N) is 4. The lowest BCUT2D eigenvalue weighted by molar-refractivity contribution is 0.244. The summed E-state index contributed by atoms with van der Waals surface area (Å²) >= 11 is 0. The number of hydrogen-bond acceptors (Lipinski definition) is 6. The Bertz CT molecular complexity index is 1660. The zero-order valence-electron chi connectivity index (χ0n) is 19.6. The van der Waals surface area contributed by atoms with Crippen LogP contribution >= 0.6 is 0 Å². The van der Waals surface area contributed by atoms with Crippen LogP contribution in [-0.2, 0) is 29.5 Å². The molecule has 0 bridgehead atoms. The molecule has 0 fully saturated rings. The molecule has 1 aliphatic heterocycles. The van der Waals surface area contributed by atoms with E-state index >= 15 is 0 Å². The quantitative estimate of drug-likeness (QED) is 0.362. The molecule has 2 aromatic heterocycles. The zero-order chi connectivity index (χ0) is 24.7. The molecule has 6 rings (SSSR count). The Labute approximate surface area is 209 Å². The minimum Gasteiger partial charge on any atom is -0.399 e. The van der Waals surface area contributed by atoms with Crippen LogP contribution < -0.4 is 5.73 Å². The van der Waals surface area contributed by atoms with Crippen LogP contribution in [0.3, 0.4) is 0 Å². The van der Waals surface area contributed by atoms with Crippen molar-refractivity contribution < 1.29 is 8.42 Å². The van der Waals surface area contributed by atoms with Gasteiger partial charge in [-0.1, -0.05) is 36.4 Å². The van der Waals surface area contributed by atoms with Gasteiger partial charge in [0.15, 0.2) is 5.82 Å². The minimum absolute atomic E-state index is 0.276. The van der Waals surface area contributed by atoms with E-state index in [1.807, 2.05) is 60.8 Å². The van der Waals surface area contributed by atoms with E-state index in [-0.39, 0.29) is 4.90 Å². The van der Waals surface area contributed by atoms with Gasteiger partial charge in [-0.15, -0.1) is 0 Å². The second-order valence-corrected chi connectivity index (χ2v) is 10.8. The van der Waals surface area contributed by atoms with Gasteiger partial charge in [0.1, 0.15) is 0 Å². The van der Waals surface area contributed by atoms with Crippen LogP contribution in [0.4, 0.5) is 5.69 Å². The molecule has 7 nitrogen and oxygen atoms in total. The summed E-state index contributed by atoms with van der Waals surface area (Å²) < 4.78 is 28.2. The van der Waals surface area contributed by atoms with E-state index in [9.17, 15) is 8.42 Å². The number of benzene rings is 3. The highest BCUT2D eigenvalue weighted by molar-refractivity contribution is 7.90. The van der Waals surface area contributed by atoms with E-state index in [1.165, 1.54) is 3.97 Å². The second kappa shape index (κ2) is 8.89. The topological polar surface area (TPSA) is 94.1 Å². The van der Waals surface area contributed by atoms with Gasteiger partial charge in [0, 0.05) is 60.6 Å². The highest BCUT2D eigenvalue weighted by atomic mass is 32.2. The summed E-state index contributed by atoms with van der Waals surface area (Å²) in [4.78, 5) is 12.0. The lowest BCUT2D eigenvalue weighted by Crippen LogP contribution is -2.31. The second-order valence-electron chi connectivity index (χ2n) is 9.03. The molecular weight excluding hydrogens is 470 g/mol. The molecule has 180 valence electrons. The van der Waals surface area contributed by atoms with Gasteiger partial charge in [-0.2, -0.15) is 0 Å². The van der Waals surface area contributed by atoms with Gasteiger partial charge < -0.3 is 5.73 Å². The van der Waals surface area contributed by atoms with Crippen LogP contribution in [-0.4, -0.2) is 33.8 Å². The van der Waals surface area contributed by atoms with Crippen molar-refractivity contribution in [3.05, 3.63) is 108 Å². The van der Waals surface area contributed by atoms with Crippen LogP contribution in [0.2, 0.25) is 0 Å². The average molecular weight is 496 g/mol. The fourth-order valence-corrected chi connectivity index (χ4v) is 6.18. The van der Waals surface area contributed by atoms with Crippen LogP contribution in [0.25, 0.3) is 22.3 Å². The van der Waals surface area contributed by atoms with Gasteiger partial charge >= 0.3 is 0 Å². The smallest absolute Gasteiger partial charge is 0.268 e. The van der Waals surface area contributed by atoms with Gasteiger partial charge in [-0.3, -0.25) is 4.90 Å². The third kappa shape index (κ3) is 4.04. The number of para-hydroxylation sites is 1. The average Bonchev–Trinajstić information content (AvgIpc) is 3.28. The van der Waals surface area contributed by atoms with Gasteiger partial charge in [0.05, 0.1) is 16.1 Å². The van der Waals surface area contributed by atoms with Crippen molar-refractivity contribution in [3.63, 3.8) is 0 Å². The molecule has 3 heterocycles. The Morgan fingerprint density at radius 1 is 0.917 bits per heavy atom. The molecule has 3 aromatic carbocycles. The van der Waals surface area contributed by atoms with Crippen molar-refractivity contribution in [2.45, 2.75) is 24.4 Å². The van der Waals surface area contributed by atoms with Crippen LogP contribution in [0.5, 0.6) is 0 Å². The fourth-order valence-electron chi connectivity index (χ4n) is 4.77. The first-order valence-electron chi connectivity index (χ1n) is 11.8. The monoisotopic (exact) mass is 495 g/mol. The Kier molecular flexibility index (Phi) is 5.55. The molecule has 0 saturated heterocycles. The Morgan fingerprint density at radius 3 is 2.47 bits per heavy atom. The molecule has 5 aromatic rings. The van der Waals surface area contributed by atoms with E-state index in [1.54, 1.807) is 30.5 Å². The minimum atomic E-state index is -3.70. The predicted molar refractivity (Wildman–Crippen MR) is 141 cm³/mol. The molecule has 0 radical (unpaired) electrons. The van der Waals surface area contributed by atoms with E-state index in [2.05, 4.69) is 9.88 Å². The van der Waals surface area contributed by atoms with E-state index < -0.39 is 10.0 Å². The number of nitrogens with two attached hydrogens (primary N) is 1. The lowest BCUT2D eigenvalue weighted by atomic mass is 10.1. The summed E-state index contributed by atoms with van der Waals surface area (Å²) in [7, 11) is -3.70. The molecule has 0 aliphatic carbocycles. The summed E-state index contributed by atoms with van der Waals surface area (Å²) in [5.74, 6) is 0.705. The summed E-state index contributed by atoms with van der Waals surface area (Å²) in [5.41, 5.74) is 11.3. The third-order valence-corrected chi connectivity index (χ3v) is 8.32. The molecule has 0 unspecified atom stereocenters. The molecule has 0 spiro atoms. The lowest BCUT2D eigenvalue weighted by Gasteiger charge is -2.27. The molecule has 1 aliphatic rings. The molecule has 0 amide bonds. The Morgan fingerprint density at radius 2 is 1.67 bits per heavy atom. The molecule has 0 saturated carbocycles. The predicted octanol–water partition coefficient (Wildman–Crippen LogP) is 4.48. The van der Waals surface area contributed by atoms with Gasteiger partial charge in [-0.25, -0.2) is 22.4 Å². The highest BCUT2D eigenvalue weighted by Crippen LogP contribution is 2.29. The normalized spacial score (nSPS) is 14.1. The molecular formula is C28H25N5O2S. The Balaban J connectivity index is 1.28. The third-order valence-electron chi connectivity index (χ3n) is 6.64. The van der Waals surface area contributed by atoms with Crippen molar-refractivity contribution in [2.75, 3.05) is 12.3 Å². The number of fused-ring (bicyclic) bond motifs is 2. The van der Waals surface area contributed by atoms with Gasteiger partial charge in [0.25, 0.3) is 10.0 Å². The molecule has 2 N–H and O–H groups in total. The number of hydrogen-bond donors (Lipinski definition) is 1. The maximum atomic E-state index is 13.4. The van der Waals surface area contributed by atoms with Crippen molar-refractivity contribution >= 4 is 26.6 Å². The van der Waals surface area contributed by atoms with Crippen molar-refractivity contribution in [2.24, 2.45) is 0 Å². The van der Waals surface area contributed by atoms with Crippen LogP contribution in [0, 0.1) is 0 Å². The maximum absolute atomic E-state index is 13.4. The first-order chi connectivity index (χ1) is 17.5. The largest absolute Gasteiger partial charge is 0.399 e. The summed E-state index contributed by atoms with van der Waals surface area (Å²) in [6, 6.07) is 23.8. The number of aromatic nitrogens is 3. The molecule has 36 heavy (non-hydrogen) atoms. The SMILES string of the molecule is Nc1ccc(-c2ncc3c(n2)CCN(Cc2cn(S(=O)(=O)c4ccccc4)c4ccccc24)C3)cc1. The van der Waals surface area contributed by atoms with E-state index in [4.69, 9.17) is 10.7 Å². The van der Waals surface area contributed by atoms with Crippen molar-refractivity contribution in [3.8, 4) is 11.4 Å². The van der Waals surface area contributed by atoms with Crippen molar-refractivity contribution in [1.82, 2.24) is 18.8 Å². The zero-order valence-corrected chi connectivity index (χ0v) is 20.4. The summed E-state index contributed by atoms with van der Waals surface area (Å²) in [6.45, 7) is 2.18. The number of rotatable bonds is 5. The van der Waals surface area contributed by atoms with Crippen molar-refractivity contribution in [1.29, 1.82) is 0 Å². The summed E-state index contributed by atoms with van der Waals surface area (Å²) in [6.07, 6.45) is 4.48. The number of anilines is 1.